The van der Waals surface area contributed by atoms with Crippen LogP contribution < -0.4 is 0 Å². The van der Waals surface area contributed by atoms with E-state index < -0.39 is 0 Å². The average Bonchev–Trinajstić information content (AvgIpc) is 3.71. The lowest BCUT2D eigenvalue weighted by Crippen LogP contribution is -2.25. The van der Waals surface area contributed by atoms with E-state index in [1.807, 2.05) is 24.4 Å². The van der Waals surface area contributed by atoms with Crippen molar-refractivity contribution in [1.82, 2.24) is 9.97 Å². The Morgan fingerprint density at radius 2 is 0.925 bits per heavy atom. The highest BCUT2D eigenvalue weighted by Gasteiger charge is 2.52. The summed E-state index contributed by atoms with van der Waals surface area (Å²) in [5.74, 6) is 0. The lowest BCUT2D eigenvalue weighted by molar-refractivity contribution is 0.794. The smallest absolute Gasteiger partial charge is 0.0900 e. The lowest BCUT2D eigenvalue weighted by Gasteiger charge is -2.30. The summed E-state index contributed by atoms with van der Waals surface area (Å²) in [6.07, 6.45) is 1.83. The normalized spacial score (nSPS) is 13.1. The van der Waals surface area contributed by atoms with E-state index in [1.165, 1.54) is 61.2 Å². The van der Waals surface area contributed by atoms with Crippen molar-refractivity contribution in [3.05, 3.63) is 217 Å². The van der Waals surface area contributed by atoms with Gasteiger partial charge in [0.2, 0.25) is 0 Å². The molecular formula is C51H32N2. The first-order valence-electron chi connectivity index (χ1n) is 18.2. The maximum atomic E-state index is 5.13. The Kier molecular flexibility index (Phi) is 6.50. The summed E-state index contributed by atoms with van der Waals surface area (Å²) in [4.78, 5) is 9.77. The Morgan fingerprint density at radius 3 is 1.64 bits per heavy atom. The Bertz CT molecular complexity index is 2840. The zero-order valence-corrected chi connectivity index (χ0v) is 28.9. The third-order valence-electron chi connectivity index (χ3n) is 11.4. The van der Waals surface area contributed by atoms with Crippen LogP contribution in [0, 0.1) is 0 Å². The van der Waals surface area contributed by atoms with E-state index in [-0.39, 0.29) is 5.41 Å². The van der Waals surface area contributed by atoms with E-state index in [0.29, 0.717) is 0 Å². The van der Waals surface area contributed by atoms with Crippen LogP contribution in [-0.4, -0.2) is 9.97 Å². The summed E-state index contributed by atoms with van der Waals surface area (Å²) < 4.78 is 0. The number of rotatable bonds is 4. The minimum Gasteiger partial charge on any atom is -0.255 e. The first-order chi connectivity index (χ1) is 26.3. The Labute approximate surface area is 308 Å². The molecule has 53 heavy (non-hydrogen) atoms. The topological polar surface area (TPSA) is 25.8 Å². The van der Waals surface area contributed by atoms with Crippen molar-refractivity contribution < 1.29 is 0 Å². The number of aromatic nitrogens is 2. The number of hydrogen-bond donors (Lipinski definition) is 0. The largest absolute Gasteiger partial charge is 0.255 e. The first kappa shape index (κ1) is 29.8. The molecule has 1 spiro atoms. The Balaban J connectivity index is 1.14. The van der Waals surface area contributed by atoms with Crippen LogP contribution in [0.5, 0.6) is 0 Å². The summed E-state index contributed by atoms with van der Waals surface area (Å²) in [6.45, 7) is 0. The van der Waals surface area contributed by atoms with Gasteiger partial charge in [0.1, 0.15) is 0 Å². The molecule has 11 rings (SSSR count). The number of hydrogen-bond acceptors (Lipinski definition) is 2. The molecule has 0 unspecified atom stereocenters. The number of pyridine rings is 2. The van der Waals surface area contributed by atoms with Crippen LogP contribution in [0.1, 0.15) is 22.3 Å². The lowest BCUT2D eigenvalue weighted by atomic mass is 9.70. The molecule has 0 radical (unpaired) electrons. The van der Waals surface area contributed by atoms with E-state index in [1.54, 1.807) is 0 Å². The van der Waals surface area contributed by atoms with Gasteiger partial charge in [-0.15, -0.1) is 0 Å². The molecule has 0 aliphatic heterocycles. The van der Waals surface area contributed by atoms with Gasteiger partial charge in [0.15, 0.2) is 0 Å². The van der Waals surface area contributed by atoms with Gasteiger partial charge >= 0.3 is 0 Å². The highest BCUT2D eigenvalue weighted by atomic mass is 14.8. The van der Waals surface area contributed by atoms with E-state index in [2.05, 4.69) is 175 Å². The molecule has 2 nitrogen and oxygen atoms in total. The van der Waals surface area contributed by atoms with Gasteiger partial charge in [0.05, 0.1) is 22.3 Å². The quantitative estimate of drug-likeness (QED) is 0.186. The van der Waals surface area contributed by atoms with Gasteiger partial charge < -0.3 is 0 Å². The van der Waals surface area contributed by atoms with E-state index in [4.69, 9.17) is 4.98 Å². The van der Waals surface area contributed by atoms with Crippen molar-refractivity contribution in [1.29, 1.82) is 0 Å². The van der Waals surface area contributed by atoms with Gasteiger partial charge in [0, 0.05) is 11.6 Å². The molecule has 2 aliphatic carbocycles. The van der Waals surface area contributed by atoms with Crippen molar-refractivity contribution in [3.8, 4) is 67.0 Å². The van der Waals surface area contributed by atoms with Crippen LogP contribution in [0.4, 0.5) is 0 Å². The molecule has 2 aromatic heterocycles. The van der Waals surface area contributed by atoms with Gasteiger partial charge in [0.25, 0.3) is 0 Å². The number of fused-ring (bicyclic) bond motifs is 11. The highest BCUT2D eigenvalue weighted by molar-refractivity contribution is 6.04. The maximum Gasteiger partial charge on any atom is 0.0900 e. The highest BCUT2D eigenvalue weighted by Crippen LogP contribution is 2.64. The zero-order chi connectivity index (χ0) is 34.9. The SMILES string of the molecule is c1ccc(-c2cc(-c3ccccn3)nc3ccc(-c4ccccc4-c4cccc5c4-c4ccccc4C54c5ccccc5-c5ccccc54)cc23)cc1. The molecule has 7 aromatic carbocycles. The van der Waals surface area contributed by atoms with Crippen LogP contribution in [0.2, 0.25) is 0 Å². The predicted molar refractivity (Wildman–Crippen MR) is 218 cm³/mol. The van der Waals surface area contributed by atoms with Crippen LogP contribution in [-0.2, 0) is 5.41 Å². The fourth-order valence-corrected chi connectivity index (χ4v) is 9.23. The van der Waals surface area contributed by atoms with Crippen LogP contribution in [0.15, 0.2) is 194 Å². The minimum absolute atomic E-state index is 0.380. The van der Waals surface area contributed by atoms with Crippen molar-refractivity contribution in [3.63, 3.8) is 0 Å². The van der Waals surface area contributed by atoms with Crippen LogP contribution >= 0.6 is 0 Å². The maximum absolute atomic E-state index is 5.13. The van der Waals surface area contributed by atoms with Crippen molar-refractivity contribution in [2.75, 3.05) is 0 Å². The second-order valence-corrected chi connectivity index (χ2v) is 14.0. The van der Waals surface area contributed by atoms with Gasteiger partial charge in [-0.3, -0.25) is 4.98 Å². The third kappa shape index (κ3) is 4.27. The van der Waals surface area contributed by atoms with E-state index >= 15 is 0 Å². The molecule has 9 aromatic rings. The average molecular weight is 673 g/mol. The number of benzene rings is 7. The molecule has 246 valence electrons. The monoisotopic (exact) mass is 672 g/mol. The molecule has 0 saturated carbocycles. The summed E-state index contributed by atoms with van der Waals surface area (Å²) >= 11 is 0. The van der Waals surface area contributed by atoms with Gasteiger partial charge in [-0.05, 0) is 108 Å². The fourth-order valence-electron chi connectivity index (χ4n) is 9.23. The van der Waals surface area contributed by atoms with Crippen molar-refractivity contribution in [2.24, 2.45) is 0 Å². The zero-order valence-electron chi connectivity index (χ0n) is 28.9. The van der Waals surface area contributed by atoms with E-state index in [0.717, 1.165) is 39.0 Å². The summed E-state index contributed by atoms with van der Waals surface area (Å²) in [7, 11) is 0. The molecule has 2 aliphatic rings. The first-order valence-corrected chi connectivity index (χ1v) is 18.2. The summed E-state index contributed by atoms with van der Waals surface area (Å²) in [5.41, 5.74) is 20.1. The van der Waals surface area contributed by atoms with Crippen LogP contribution in [0.3, 0.4) is 0 Å². The van der Waals surface area contributed by atoms with Gasteiger partial charge in [-0.2, -0.15) is 0 Å². The van der Waals surface area contributed by atoms with Crippen LogP contribution in [0.25, 0.3) is 77.9 Å². The second-order valence-electron chi connectivity index (χ2n) is 14.0. The minimum atomic E-state index is -0.380. The number of nitrogens with zero attached hydrogens (tertiary/aromatic N) is 2. The Morgan fingerprint density at radius 1 is 0.340 bits per heavy atom. The molecule has 0 bridgehead atoms. The second kappa shape index (κ2) is 11.6. The molecule has 0 fully saturated rings. The molecule has 2 heteroatoms. The molecule has 0 atom stereocenters. The molecule has 0 N–H and O–H groups in total. The summed E-state index contributed by atoms with van der Waals surface area (Å²) in [6, 6.07) is 68.4. The molecular weight excluding hydrogens is 641 g/mol. The van der Waals surface area contributed by atoms with Gasteiger partial charge in [-0.25, -0.2) is 4.98 Å². The summed E-state index contributed by atoms with van der Waals surface area (Å²) in [5, 5.41) is 1.12. The standard InChI is InChI=1S/C51H32N2/c1-2-15-33(16-3-1)41-32-49(48-27-12-13-30-52-48)53-47-29-28-34(31-42(41)47)35-17-4-5-18-36(35)39-22-14-26-46-50(39)40-21-8-11-25-45(40)51(46)43-23-9-6-19-37(43)38-20-7-10-24-44(38)51/h1-32H. The molecule has 0 saturated heterocycles. The van der Waals surface area contributed by atoms with Gasteiger partial charge in [-0.1, -0.05) is 158 Å². The predicted octanol–water partition coefficient (Wildman–Crippen LogP) is 12.6. The fraction of sp³-hybridized carbons (Fsp3) is 0.0196. The molecule has 2 heterocycles. The van der Waals surface area contributed by atoms with Crippen molar-refractivity contribution >= 4 is 10.9 Å². The van der Waals surface area contributed by atoms with Crippen molar-refractivity contribution in [2.45, 2.75) is 5.41 Å². The molecule has 0 amide bonds. The van der Waals surface area contributed by atoms with E-state index in [9.17, 15) is 0 Å². The third-order valence-corrected chi connectivity index (χ3v) is 11.4. The Hall–Kier alpha value is -6.90.